The number of hydrogen-bond donors (Lipinski definition) is 2. The van der Waals surface area contributed by atoms with Crippen LogP contribution in [0.25, 0.3) is 0 Å². The molecule has 6 nitrogen and oxygen atoms in total. The zero-order valence-electron chi connectivity index (χ0n) is 13.0. The molecule has 0 bridgehead atoms. The summed E-state index contributed by atoms with van der Waals surface area (Å²) in [4.78, 5) is 23.6. The van der Waals surface area contributed by atoms with Gasteiger partial charge in [0.25, 0.3) is 0 Å². The van der Waals surface area contributed by atoms with Crippen molar-refractivity contribution in [2.75, 3.05) is 16.8 Å². The number of benzene rings is 1. The van der Waals surface area contributed by atoms with Gasteiger partial charge in [0.15, 0.2) is 9.84 Å². The van der Waals surface area contributed by atoms with Crippen molar-refractivity contribution in [1.29, 1.82) is 0 Å². The Morgan fingerprint density at radius 3 is 2.22 bits per heavy atom. The van der Waals surface area contributed by atoms with Gasteiger partial charge in [0.05, 0.1) is 0 Å². The third-order valence-electron chi connectivity index (χ3n) is 3.73. The highest BCUT2D eigenvalue weighted by Crippen LogP contribution is 2.17. The Balaban J connectivity index is 1.81. The van der Waals surface area contributed by atoms with Gasteiger partial charge < -0.3 is 10.6 Å². The molecule has 1 fully saturated rings. The normalized spacial score (nSPS) is 15.8. The Kier molecular flexibility index (Phi) is 6.15. The molecule has 1 aliphatic rings. The number of para-hydroxylation sites is 1. The van der Waals surface area contributed by atoms with E-state index in [0.29, 0.717) is 5.69 Å². The van der Waals surface area contributed by atoms with Crippen LogP contribution < -0.4 is 10.6 Å². The molecule has 0 aliphatic heterocycles. The van der Waals surface area contributed by atoms with Gasteiger partial charge in [0, 0.05) is 11.7 Å². The Hall–Kier alpha value is -1.89. The lowest BCUT2D eigenvalue weighted by molar-refractivity contribution is -0.119. The quantitative estimate of drug-likeness (QED) is 0.822. The lowest BCUT2D eigenvalue weighted by Crippen LogP contribution is -2.40. The smallest absolute Gasteiger partial charge is 0.239 e. The maximum atomic E-state index is 12.0. The number of carbonyl (C=O) groups is 2. The van der Waals surface area contributed by atoms with E-state index in [0.717, 1.165) is 32.1 Å². The number of carbonyl (C=O) groups excluding carboxylic acids is 2. The molecule has 0 atom stereocenters. The highest BCUT2D eigenvalue weighted by Gasteiger charge is 2.23. The SMILES string of the molecule is O=C(CS(=O)(=O)CC(=O)NC1CCCCC1)Nc1ccccc1. The first-order valence-electron chi connectivity index (χ1n) is 7.79. The molecule has 1 saturated carbocycles. The summed E-state index contributed by atoms with van der Waals surface area (Å²) >= 11 is 0. The van der Waals surface area contributed by atoms with Gasteiger partial charge in [-0.15, -0.1) is 0 Å². The van der Waals surface area contributed by atoms with Crippen molar-refractivity contribution in [3.63, 3.8) is 0 Å². The minimum absolute atomic E-state index is 0.0598. The van der Waals surface area contributed by atoms with Gasteiger partial charge in [-0.3, -0.25) is 9.59 Å². The molecule has 0 radical (unpaired) electrons. The molecule has 0 spiro atoms. The number of rotatable bonds is 6. The molecule has 0 heterocycles. The molecule has 2 amide bonds. The monoisotopic (exact) mass is 338 g/mol. The zero-order valence-corrected chi connectivity index (χ0v) is 13.8. The topological polar surface area (TPSA) is 92.3 Å². The van der Waals surface area contributed by atoms with Crippen LogP contribution in [-0.4, -0.2) is 37.8 Å². The van der Waals surface area contributed by atoms with Crippen molar-refractivity contribution >= 4 is 27.3 Å². The van der Waals surface area contributed by atoms with Gasteiger partial charge in [-0.25, -0.2) is 8.42 Å². The number of sulfone groups is 1. The first-order valence-corrected chi connectivity index (χ1v) is 9.61. The molecule has 2 N–H and O–H groups in total. The standard InChI is InChI=1S/C16H22N2O4S/c19-15(17-13-7-3-1-4-8-13)11-23(21,22)12-16(20)18-14-9-5-2-6-10-14/h1,3-4,7-8,14H,2,5-6,9-12H2,(H,17,19)(H,18,20). The molecular weight excluding hydrogens is 316 g/mol. The minimum atomic E-state index is -3.77. The van der Waals surface area contributed by atoms with E-state index in [2.05, 4.69) is 10.6 Å². The van der Waals surface area contributed by atoms with Crippen LogP contribution in [0.1, 0.15) is 32.1 Å². The van der Waals surface area contributed by atoms with Crippen molar-refractivity contribution in [1.82, 2.24) is 5.32 Å². The second-order valence-electron chi connectivity index (χ2n) is 5.85. The van der Waals surface area contributed by atoms with Crippen LogP contribution >= 0.6 is 0 Å². The predicted octanol–water partition coefficient (Wildman–Crippen LogP) is 1.49. The van der Waals surface area contributed by atoms with E-state index < -0.39 is 33.2 Å². The molecule has 7 heteroatoms. The summed E-state index contributed by atoms with van der Waals surface area (Å²) in [5, 5.41) is 5.25. The van der Waals surface area contributed by atoms with Crippen LogP contribution in [0.15, 0.2) is 30.3 Å². The van der Waals surface area contributed by atoms with Crippen LogP contribution in [0.3, 0.4) is 0 Å². The number of anilines is 1. The third kappa shape index (κ3) is 6.40. The number of amides is 2. The molecule has 126 valence electrons. The Bertz CT molecular complexity index is 637. The summed E-state index contributed by atoms with van der Waals surface area (Å²) in [5.41, 5.74) is 0.527. The average molecular weight is 338 g/mol. The second-order valence-corrected chi connectivity index (χ2v) is 7.91. The van der Waals surface area contributed by atoms with Crippen molar-refractivity contribution in [3.05, 3.63) is 30.3 Å². The van der Waals surface area contributed by atoms with Crippen LogP contribution in [0.2, 0.25) is 0 Å². The number of hydrogen-bond acceptors (Lipinski definition) is 4. The molecule has 1 aliphatic carbocycles. The third-order valence-corrected chi connectivity index (χ3v) is 5.13. The molecule has 2 rings (SSSR count). The van der Waals surface area contributed by atoms with Crippen molar-refractivity contribution in [2.24, 2.45) is 0 Å². The Morgan fingerprint density at radius 2 is 1.57 bits per heavy atom. The van der Waals surface area contributed by atoms with Crippen LogP contribution in [0, 0.1) is 0 Å². The van der Waals surface area contributed by atoms with Gasteiger partial charge in [-0.1, -0.05) is 37.5 Å². The van der Waals surface area contributed by atoms with Crippen molar-refractivity contribution in [3.8, 4) is 0 Å². The Labute approximate surface area is 136 Å². The van der Waals surface area contributed by atoms with E-state index >= 15 is 0 Å². The molecule has 1 aromatic carbocycles. The van der Waals surface area contributed by atoms with E-state index in [4.69, 9.17) is 0 Å². The van der Waals surface area contributed by atoms with E-state index in [1.807, 2.05) is 0 Å². The van der Waals surface area contributed by atoms with E-state index in [-0.39, 0.29) is 6.04 Å². The summed E-state index contributed by atoms with van der Waals surface area (Å²) in [6.07, 6.45) is 5.04. The van der Waals surface area contributed by atoms with Crippen molar-refractivity contribution in [2.45, 2.75) is 38.1 Å². The fraction of sp³-hybridized carbons (Fsp3) is 0.500. The molecule has 1 aromatic rings. The van der Waals surface area contributed by atoms with Crippen LogP contribution in [0.5, 0.6) is 0 Å². The summed E-state index contributed by atoms with van der Waals surface area (Å²) in [6, 6.07) is 8.66. The highest BCUT2D eigenvalue weighted by molar-refractivity contribution is 7.92. The minimum Gasteiger partial charge on any atom is -0.352 e. The van der Waals surface area contributed by atoms with Gasteiger partial charge in [0.2, 0.25) is 11.8 Å². The van der Waals surface area contributed by atoms with Gasteiger partial charge in [0.1, 0.15) is 11.5 Å². The van der Waals surface area contributed by atoms with E-state index in [1.54, 1.807) is 30.3 Å². The number of nitrogens with one attached hydrogen (secondary N) is 2. The summed E-state index contributed by atoms with van der Waals surface area (Å²) in [5.74, 6) is -2.50. The Morgan fingerprint density at radius 1 is 0.957 bits per heavy atom. The lowest BCUT2D eigenvalue weighted by Gasteiger charge is -2.22. The average Bonchev–Trinajstić information content (AvgIpc) is 2.47. The largest absolute Gasteiger partial charge is 0.352 e. The summed E-state index contributed by atoms with van der Waals surface area (Å²) in [6.45, 7) is 0. The zero-order chi connectivity index (χ0) is 16.7. The lowest BCUT2D eigenvalue weighted by atomic mass is 9.95. The molecule has 0 aromatic heterocycles. The molecule has 23 heavy (non-hydrogen) atoms. The predicted molar refractivity (Wildman–Crippen MR) is 88.7 cm³/mol. The summed E-state index contributed by atoms with van der Waals surface area (Å²) < 4.78 is 23.9. The van der Waals surface area contributed by atoms with Gasteiger partial charge >= 0.3 is 0 Å². The van der Waals surface area contributed by atoms with E-state index in [9.17, 15) is 18.0 Å². The molecular formula is C16H22N2O4S. The summed E-state index contributed by atoms with van der Waals surface area (Å²) in [7, 11) is -3.77. The second kappa shape index (κ2) is 8.10. The fourth-order valence-corrected chi connectivity index (χ4v) is 3.74. The first-order chi connectivity index (χ1) is 10.9. The van der Waals surface area contributed by atoms with Crippen molar-refractivity contribution < 1.29 is 18.0 Å². The van der Waals surface area contributed by atoms with Gasteiger partial charge in [-0.05, 0) is 25.0 Å². The van der Waals surface area contributed by atoms with E-state index in [1.165, 1.54) is 0 Å². The maximum Gasteiger partial charge on any atom is 0.239 e. The molecule has 0 saturated heterocycles. The van der Waals surface area contributed by atoms with Gasteiger partial charge in [-0.2, -0.15) is 0 Å². The molecule has 0 unspecified atom stereocenters. The van der Waals surface area contributed by atoms with Crippen LogP contribution in [-0.2, 0) is 19.4 Å². The maximum absolute atomic E-state index is 12.0. The van der Waals surface area contributed by atoms with Crippen LogP contribution in [0.4, 0.5) is 5.69 Å². The fourth-order valence-electron chi connectivity index (χ4n) is 2.69. The first kappa shape index (κ1) is 17.5. The highest BCUT2D eigenvalue weighted by atomic mass is 32.2.